The maximum absolute atomic E-state index is 12.4. The summed E-state index contributed by atoms with van der Waals surface area (Å²) in [7, 11) is 0. The van der Waals surface area contributed by atoms with Crippen molar-refractivity contribution >= 4 is 17.3 Å². The van der Waals surface area contributed by atoms with Gasteiger partial charge in [-0.15, -0.1) is 13.2 Å². The largest absolute Gasteiger partial charge is 0.573 e. The van der Waals surface area contributed by atoms with E-state index >= 15 is 0 Å². The third-order valence-electron chi connectivity index (χ3n) is 4.60. The lowest BCUT2D eigenvalue weighted by Gasteiger charge is -2.44. The number of halogens is 4. The summed E-state index contributed by atoms with van der Waals surface area (Å²) in [5, 5.41) is 0.431. The molecule has 0 aliphatic carbocycles. The van der Waals surface area contributed by atoms with Gasteiger partial charge in [-0.05, 0) is 44.2 Å². The molecule has 0 atom stereocenters. The predicted molar refractivity (Wildman–Crippen MR) is 82.1 cm³/mol. The highest BCUT2D eigenvalue weighted by atomic mass is 35.5. The number of nitrogens with zero attached hydrogens (tertiary/aromatic N) is 1. The maximum atomic E-state index is 12.4. The summed E-state index contributed by atoms with van der Waals surface area (Å²) in [5.41, 5.74) is 0.528. The molecule has 128 valence electrons. The van der Waals surface area contributed by atoms with Crippen molar-refractivity contribution in [2.24, 2.45) is 0 Å². The molecule has 2 aliphatic rings. The van der Waals surface area contributed by atoms with Crippen molar-refractivity contribution in [1.29, 1.82) is 0 Å². The van der Waals surface area contributed by atoms with E-state index < -0.39 is 6.36 Å². The first-order chi connectivity index (χ1) is 10.9. The van der Waals surface area contributed by atoms with E-state index in [-0.39, 0.29) is 11.4 Å². The number of alkyl halides is 3. The molecule has 2 aliphatic heterocycles. The van der Waals surface area contributed by atoms with Gasteiger partial charge in [0, 0.05) is 25.8 Å². The van der Waals surface area contributed by atoms with Crippen LogP contribution in [0.15, 0.2) is 18.2 Å². The zero-order valence-corrected chi connectivity index (χ0v) is 13.4. The molecule has 1 aromatic carbocycles. The Morgan fingerprint density at radius 3 is 2.48 bits per heavy atom. The van der Waals surface area contributed by atoms with Crippen LogP contribution in [0.5, 0.6) is 5.75 Å². The van der Waals surface area contributed by atoms with Gasteiger partial charge in [-0.25, -0.2) is 0 Å². The number of benzene rings is 1. The van der Waals surface area contributed by atoms with Gasteiger partial charge in [-0.1, -0.05) is 11.6 Å². The maximum Gasteiger partial charge on any atom is 0.573 e. The third-order valence-corrected chi connectivity index (χ3v) is 4.92. The van der Waals surface area contributed by atoms with Crippen LogP contribution in [0.25, 0.3) is 0 Å². The fraction of sp³-hybridized carbons (Fsp3) is 0.625. The molecular weight excluding hydrogens is 331 g/mol. The van der Waals surface area contributed by atoms with E-state index in [1.165, 1.54) is 24.6 Å². The third kappa shape index (κ3) is 4.04. The minimum Gasteiger partial charge on any atom is -0.406 e. The van der Waals surface area contributed by atoms with Gasteiger partial charge in [0.1, 0.15) is 5.75 Å². The highest BCUT2D eigenvalue weighted by Crippen LogP contribution is 2.39. The van der Waals surface area contributed by atoms with Crippen LogP contribution in [0, 0.1) is 0 Å². The molecule has 2 saturated heterocycles. The van der Waals surface area contributed by atoms with Crippen molar-refractivity contribution < 1.29 is 22.6 Å². The molecule has 1 spiro atoms. The molecular formula is C16H19ClF3NO2. The van der Waals surface area contributed by atoms with Crippen LogP contribution in [-0.4, -0.2) is 31.7 Å². The molecule has 0 unspecified atom stereocenters. The summed E-state index contributed by atoms with van der Waals surface area (Å²) in [4.78, 5) is 2.01. The zero-order chi connectivity index (χ0) is 16.5. The smallest absolute Gasteiger partial charge is 0.406 e. The number of ether oxygens (including phenoxy) is 2. The van der Waals surface area contributed by atoms with Crippen LogP contribution >= 0.6 is 11.6 Å². The molecule has 0 radical (unpaired) electrons. The van der Waals surface area contributed by atoms with Gasteiger partial charge in [-0.3, -0.25) is 0 Å². The van der Waals surface area contributed by atoms with Gasteiger partial charge in [0.05, 0.1) is 16.3 Å². The topological polar surface area (TPSA) is 21.7 Å². The van der Waals surface area contributed by atoms with Crippen LogP contribution < -0.4 is 9.64 Å². The average molecular weight is 350 g/mol. The highest BCUT2D eigenvalue weighted by molar-refractivity contribution is 6.33. The molecule has 0 N–H and O–H groups in total. The fourth-order valence-corrected chi connectivity index (χ4v) is 3.63. The number of hydrogen-bond donors (Lipinski definition) is 0. The minimum absolute atomic E-state index is 0.0543. The Balaban J connectivity index is 1.71. The molecule has 23 heavy (non-hydrogen) atoms. The van der Waals surface area contributed by atoms with Crippen molar-refractivity contribution in [3.05, 3.63) is 23.2 Å². The summed E-state index contributed by atoms with van der Waals surface area (Å²) >= 11 is 6.17. The van der Waals surface area contributed by atoms with Gasteiger partial charge in [0.15, 0.2) is 0 Å². The second kappa shape index (κ2) is 6.40. The average Bonchev–Trinajstić information content (AvgIpc) is 2.50. The van der Waals surface area contributed by atoms with Gasteiger partial charge >= 0.3 is 6.36 Å². The molecule has 0 saturated carbocycles. The summed E-state index contributed by atoms with van der Waals surface area (Å²) in [6.45, 7) is 2.24. The Hall–Kier alpha value is -1.14. The predicted octanol–water partition coefficient (Wildman–Crippen LogP) is 4.78. The van der Waals surface area contributed by atoms with Crippen molar-refractivity contribution in [1.82, 2.24) is 0 Å². The molecule has 0 amide bonds. The molecule has 3 nitrogen and oxygen atoms in total. The lowest BCUT2D eigenvalue weighted by molar-refractivity contribution is -0.274. The molecule has 2 fully saturated rings. The van der Waals surface area contributed by atoms with E-state index in [1.807, 2.05) is 4.90 Å². The first-order valence-electron chi connectivity index (χ1n) is 7.81. The van der Waals surface area contributed by atoms with E-state index in [4.69, 9.17) is 16.3 Å². The number of piperidine rings is 1. The molecule has 3 rings (SSSR count). The first-order valence-corrected chi connectivity index (χ1v) is 8.19. The Kier molecular flexibility index (Phi) is 4.65. The van der Waals surface area contributed by atoms with Gasteiger partial charge in [0.25, 0.3) is 0 Å². The molecule has 0 bridgehead atoms. The fourth-order valence-electron chi connectivity index (χ4n) is 3.39. The Morgan fingerprint density at radius 1 is 1.13 bits per heavy atom. The molecule has 7 heteroatoms. The molecule has 1 aromatic rings. The van der Waals surface area contributed by atoms with Crippen molar-refractivity contribution in [2.75, 3.05) is 24.6 Å². The monoisotopic (exact) mass is 349 g/mol. The quantitative estimate of drug-likeness (QED) is 0.767. The second-order valence-corrected chi connectivity index (χ2v) is 6.54. The second-order valence-electron chi connectivity index (χ2n) is 6.14. The summed E-state index contributed by atoms with van der Waals surface area (Å²) in [6.07, 6.45) is 0.379. The standard InChI is InChI=1S/C16H19ClF3NO2/c17-13-4-3-12(23-16(18,19)20)11-14(13)21-8-6-15(7-9-21)5-1-2-10-22-15/h3-4,11H,1-2,5-10H2. The SMILES string of the molecule is FC(F)(F)Oc1ccc(Cl)c(N2CCC3(CCCCO3)CC2)c1. The van der Waals surface area contributed by atoms with E-state index in [9.17, 15) is 13.2 Å². The zero-order valence-electron chi connectivity index (χ0n) is 12.7. The van der Waals surface area contributed by atoms with E-state index in [2.05, 4.69) is 4.74 Å². The van der Waals surface area contributed by atoms with Crippen LogP contribution in [0.4, 0.5) is 18.9 Å². The van der Waals surface area contributed by atoms with Gasteiger partial charge in [-0.2, -0.15) is 0 Å². The van der Waals surface area contributed by atoms with Gasteiger partial charge in [0.2, 0.25) is 0 Å². The highest BCUT2D eigenvalue weighted by Gasteiger charge is 2.37. The van der Waals surface area contributed by atoms with E-state index in [0.29, 0.717) is 10.7 Å². The minimum atomic E-state index is -4.70. The van der Waals surface area contributed by atoms with Crippen LogP contribution in [0.1, 0.15) is 32.1 Å². The van der Waals surface area contributed by atoms with Crippen molar-refractivity contribution in [3.63, 3.8) is 0 Å². The Morgan fingerprint density at radius 2 is 1.87 bits per heavy atom. The van der Waals surface area contributed by atoms with E-state index in [0.717, 1.165) is 45.4 Å². The summed E-state index contributed by atoms with van der Waals surface area (Å²) < 4.78 is 47.1. The van der Waals surface area contributed by atoms with Crippen molar-refractivity contribution in [3.8, 4) is 5.75 Å². The van der Waals surface area contributed by atoms with E-state index in [1.54, 1.807) is 0 Å². The van der Waals surface area contributed by atoms with Crippen molar-refractivity contribution in [2.45, 2.75) is 44.1 Å². The lowest BCUT2D eigenvalue weighted by Crippen LogP contribution is -2.47. The van der Waals surface area contributed by atoms with Crippen LogP contribution in [-0.2, 0) is 4.74 Å². The summed E-state index contributed by atoms with van der Waals surface area (Å²) in [6, 6.07) is 4.03. The Bertz CT molecular complexity index is 549. The normalized spacial score (nSPS) is 21.5. The number of hydrogen-bond acceptors (Lipinski definition) is 3. The van der Waals surface area contributed by atoms with Crippen LogP contribution in [0.2, 0.25) is 5.02 Å². The Labute approximate surface area is 138 Å². The van der Waals surface area contributed by atoms with Gasteiger partial charge < -0.3 is 14.4 Å². The molecule has 0 aromatic heterocycles. The number of rotatable bonds is 2. The first kappa shape index (κ1) is 16.7. The number of anilines is 1. The van der Waals surface area contributed by atoms with Crippen LogP contribution in [0.3, 0.4) is 0 Å². The molecule has 2 heterocycles. The summed E-state index contributed by atoms with van der Waals surface area (Å²) in [5.74, 6) is -0.244. The lowest BCUT2D eigenvalue weighted by atomic mass is 9.84.